The van der Waals surface area contributed by atoms with Gasteiger partial charge in [-0.25, -0.2) is 0 Å². The average molecular weight is 900 g/mol. The van der Waals surface area contributed by atoms with Crippen LogP contribution in [0.5, 0.6) is 0 Å². The molecule has 10 aromatic carbocycles. The van der Waals surface area contributed by atoms with Gasteiger partial charge in [0.25, 0.3) is 0 Å². The monoisotopic (exact) mass is 899 g/mol. The SMILES string of the molecule is CC1(C)c2ccccc2-c2ccc(N(c3ccc(-c4ccc5c(c4)C4(c6ccccc6-5)c5ccccc5C(C)(C)c5ccccc54)cc3)c3ccc(-c4ccc5sc6ccccc6c5c4)cc3)cc21. The van der Waals surface area contributed by atoms with Gasteiger partial charge in [0.15, 0.2) is 0 Å². The molecule has 0 saturated carbocycles. The molecule has 0 aliphatic heterocycles. The van der Waals surface area contributed by atoms with Gasteiger partial charge in [-0.3, -0.25) is 0 Å². The lowest BCUT2D eigenvalue weighted by atomic mass is 9.55. The molecule has 1 heterocycles. The summed E-state index contributed by atoms with van der Waals surface area (Å²) in [5, 5.41) is 2.64. The predicted molar refractivity (Wildman–Crippen MR) is 292 cm³/mol. The maximum atomic E-state index is 2.50. The quantitative estimate of drug-likeness (QED) is 0.166. The van der Waals surface area contributed by atoms with E-state index >= 15 is 0 Å². The standard InChI is InChI=1S/C67H49NS/c1-65(2)55-18-8-5-15-49(55)51-37-35-48(41-61(51)65)68(46-31-25-42(26-32-46)44-30-38-64-54(39-44)53-17-7-14-24-63(53)69-64)47-33-27-43(28-34-47)45-29-36-52-50-16-6-9-19-56(50)67(62(52)40-45)59-22-12-10-20-57(59)66(3,4)58-21-11-13-23-60(58)67/h5-41H,1-4H3. The first kappa shape index (κ1) is 40.3. The van der Waals surface area contributed by atoms with Crippen LogP contribution in [-0.4, -0.2) is 0 Å². The van der Waals surface area contributed by atoms with Gasteiger partial charge in [0.05, 0.1) is 5.41 Å². The molecule has 1 nitrogen and oxygen atoms in total. The van der Waals surface area contributed by atoms with Crippen molar-refractivity contribution in [1.82, 2.24) is 0 Å². The lowest BCUT2D eigenvalue weighted by Crippen LogP contribution is -2.40. The minimum atomic E-state index is -0.433. The maximum absolute atomic E-state index is 2.50. The molecule has 0 unspecified atom stereocenters. The molecule has 0 amide bonds. The second-order valence-electron chi connectivity index (χ2n) is 20.4. The van der Waals surface area contributed by atoms with E-state index in [-0.39, 0.29) is 10.8 Å². The largest absolute Gasteiger partial charge is 0.310 e. The molecule has 1 aromatic heterocycles. The third-order valence-corrected chi connectivity index (χ3v) is 17.3. The molecule has 11 aromatic rings. The van der Waals surface area contributed by atoms with E-state index in [4.69, 9.17) is 0 Å². The van der Waals surface area contributed by atoms with Crippen molar-refractivity contribution in [2.75, 3.05) is 4.90 Å². The summed E-state index contributed by atoms with van der Waals surface area (Å²) in [6.07, 6.45) is 0. The van der Waals surface area contributed by atoms with Crippen LogP contribution in [0.15, 0.2) is 224 Å². The zero-order valence-corrected chi connectivity index (χ0v) is 40.0. The summed E-state index contributed by atoms with van der Waals surface area (Å²) in [5.41, 5.74) is 23.9. The summed E-state index contributed by atoms with van der Waals surface area (Å²) in [6, 6.07) is 84.9. The van der Waals surface area contributed by atoms with Gasteiger partial charge in [-0.1, -0.05) is 191 Å². The van der Waals surface area contributed by atoms with Crippen LogP contribution in [0.25, 0.3) is 64.7 Å². The zero-order valence-electron chi connectivity index (χ0n) is 39.2. The molecule has 14 rings (SSSR count). The number of hydrogen-bond acceptors (Lipinski definition) is 2. The molecule has 1 spiro atoms. The smallest absolute Gasteiger partial charge is 0.0719 e. The Kier molecular flexibility index (Phi) is 8.54. The number of nitrogens with zero attached hydrogens (tertiary/aromatic N) is 1. The van der Waals surface area contributed by atoms with Crippen molar-refractivity contribution in [3.8, 4) is 44.5 Å². The third-order valence-electron chi connectivity index (χ3n) is 16.2. The molecule has 0 bridgehead atoms. The first-order chi connectivity index (χ1) is 33.7. The molecular formula is C67H49NS. The minimum absolute atomic E-state index is 0.120. The summed E-state index contributed by atoms with van der Waals surface area (Å²) < 4.78 is 2.66. The van der Waals surface area contributed by atoms with Gasteiger partial charge in [0.2, 0.25) is 0 Å². The molecule has 0 atom stereocenters. The average Bonchev–Trinajstić information content (AvgIpc) is 3.99. The maximum Gasteiger partial charge on any atom is 0.0719 e. The van der Waals surface area contributed by atoms with E-state index in [1.807, 2.05) is 11.3 Å². The van der Waals surface area contributed by atoms with E-state index in [1.165, 1.54) is 109 Å². The van der Waals surface area contributed by atoms with Crippen LogP contribution in [-0.2, 0) is 16.2 Å². The highest BCUT2D eigenvalue weighted by Gasteiger charge is 2.53. The molecular weight excluding hydrogens is 851 g/mol. The van der Waals surface area contributed by atoms with Crippen molar-refractivity contribution in [3.05, 3.63) is 269 Å². The first-order valence-electron chi connectivity index (χ1n) is 24.3. The molecule has 0 N–H and O–H groups in total. The van der Waals surface area contributed by atoms with Gasteiger partial charge in [-0.05, 0) is 150 Å². The number of hydrogen-bond donors (Lipinski definition) is 0. The molecule has 0 saturated heterocycles. The molecule has 3 aliphatic carbocycles. The summed E-state index contributed by atoms with van der Waals surface area (Å²) >= 11 is 1.87. The van der Waals surface area contributed by atoms with E-state index in [1.54, 1.807) is 0 Å². The van der Waals surface area contributed by atoms with Crippen molar-refractivity contribution in [2.45, 2.75) is 43.9 Å². The second-order valence-corrected chi connectivity index (χ2v) is 21.5. The Morgan fingerprint density at radius 1 is 0.290 bits per heavy atom. The lowest BCUT2D eigenvalue weighted by Gasteiger charge is -2.46. The highest BCUT2D eigenvalue weighted by Crippen LogP contribution is 2.62. The number of anilines is 3. The molecule has 69 heavy (non-hydrogen) atoms. The number of benzene rings is 10. The van der Waals surface area contributed by atoms with E-state index in [0.29, 0.717) is 0 Å². The fourth-order valence-electron chi connectivity index (χ4n) is 12.8. The number of fused-ring (bicyclic) bond motifs is 15. The summed E-state index contributed by atoms with van der Waals surface area (Å²) in [5.74, 6) is 0. The van der Waals surface area contributed by atoms with Crippen molar-refractivity contribution in [1.29, 1.82) is 0 Å². The van der Waals surface area contributed by atoms with Crippen LogP contribution in [0, 0.1) is 0 Å². The van der Waals surface area contributed by atoms with Crippen molar-refractivity contribution in [2.24, 2.45) is 0 Å². The Morgan fingerprint density at radius 3 is 1.39 bits per heavy atom. The summed E-state index contributed by atoms with van der Waals surface area (Å²) in [6.45, 7) is 9.52. The van der Waals surface area contributed by atoms with Crippen molar-refractivity contribution >= 4 is 48.6 Å². The topological polar surface area (TPSA) is 3.24 Å². The van der Waals surface area contributed by atoms with Crippen LogP contribution in [0.1, 0.15) is 72.2 Å². The Morgan fingerprint density at radius 2 is 0.725 bits per heavy atom. The van der Waals surface area contributed by atoms with Gasteiger partial charge in [-0.2, -0.15) is 0 Å². The number of rotatable bonds is 5. The Labute approximate surface area is 408 Å². The fourth-order valence-corrected chi connectivity index (χ4v) is 13.9. The number of thiophene rings is 1. The highest BCUT2D eigenvalue weighted by atomic mass is 32.1. The van der Waals surface area contributed by atoms with E-state index in [0.717, 1.165) is 17.1 Å². The summed E-state index contributed by atoms with van der Waals surface area (Å²) in [7, 11) is 0. The fraction of sp³-hybridized carbons (Fsp3) is 0.104. The molecule has 2 heteroatoms. The van der Waals surface area contributed by atoms with Gasteiger partial charge < -0.3 is 4.90 Å². The normalized spacial score (nSPS) is 15.0. The van der Waals surface area contributed by atoms with Crippen LogP contribution in [0.2, 0.25) is 0 Å². The van der Waals surface area contributed by atoms with E-state index in [9.17, 15) is 0 Å². The Hall–Kier alpha value is -7.78. The predicted octanol–water partition coefficient (Wildman–Crippen LogP) is 18.2. The second kappa shape index (κ2) is 14.6. The first-order valence-corrected chi connectivity index (χ1v) is 25.1. The van der Waals surface area contributed by atoms with Crippen molar-refractivity contribution < 1.29 is 0 Å². The van der Waals surface area contributed by atoms with Crippen LogP contribution >= 0.6 is 11.3 Å². The van der Waals surface area contributed by atoms with Gasteiger partial charge in [0, 0.05) is 48.1 Å². The molecule has 0 fully saturated rings. The lowest BCUT2D eigenvalue weighted by molar-refractivity contribution is 0.563. The Bertz CT molecular complexity index is 3850. The molecule has 0 radical (unpaired) electrons. The van der Waals surface area contributed by atoms with Gasteiger partial charge in [-0.15, -0.1) is 11.3 Å². The van der Waals surface area contributed by atoms with Gasteiger partial charge in [0.1, 0.15) is 0 Å². The van der Waals surface area contributed by atoms with Crippen LogP contribution in [0.4, 0.5) is 17.1 Å². The molecule has 328 valence electrons. The van der Waals surface area contributed by atoms with Crippen LogP contribution < -0.4 is 4.90 Å². The summed E-state index contributed by atoms with van der Waals surface area (Å²) in [4.78, 5) is 2.44. The highest BCUT2D eigenvalue weighted by molar-refractivity contribution is 7.25. The van der Waals surface area contributed by atoms with Crippen LogP contribution in [0.3, 0.4) is 0 Å². The van der Waals surface area contributed by atoms with Crippen molar-refractivity contribution in [3.63, 3.8) is 0 Å². The molecule has 3 aliphatic rings. The van der Waals surface area contributed by atoms with Gasteiger partial charge >= 0.3 is 0 Å². The minimum Gasteiger partial charge on any atom is -0.310 e. The van der Waals surface area contributed by atoms with E-state index < -0.39 is 5.41 Å². The van der Waals surface area contributed by atoms with E-state index in [2.05, 4.69) is 257 Å². The third kappa shape index (κ3) is 5.64. The Balaban J connectivity index is 0.892. The zero-order chi connectivity index (χ0) is 46.2.